The van der Waals surface area contributed by atoms with Gasteiger partial charge in [-0.3, -0.25) is 0 Å². The van der Waals surface area contributed by atoms with Crippen LogP contribution in [0.15, 0.2) is 15.3 Å². The highest BCUT2D eigenvalue weighted by Crippen LogP contribution is 2.30. The highest BCUT2D eigenvalue weighted by atomic mass is 32.1. The van der Waals surface area contributed by atoms with Crippen LogP contribution < -0.4 is 5.73 Å². The molecule has 2 N–H and O–H groups in total. The monoisotopic (exact) mass is 194 g/mol. The molecule has 0 unspecified atom stereocenters. The first-order chi connectivity index (χ1) is 6.20. The number of aromatic nitrogens is 1. The SMILES string of the molecule is Cc1cscc1-c1noc(N)c1C. The average Bonchev–Trinajstić information content (AvgIpc) is 2.62. The first kappa shape index (κ1) is 8.31. The summed E-state index contributed by atoms with van der Waals surface area (Å²) in [5, 5.41) is 8.06. The van der Waals surface area contributed by atoms with Crippen molar-refractivity contribution >= 4 is 17.2 Å². The van der Waals surface area contributed by atoms with Crippen molar-refractivity contribution in [1.29, 1.82) is 0 Å². The van der Waals surface area contributed by atoms with E-state index in [9.17, 15) is 0 Å². The van der Waals surface area contributed by atoms with Gasteiger partial charge in [-0.2, -0.15) is 11.3 Å². The lowest BCUT2D eigenvalue weighted by Crippen LogP contribution is -1.84. The second-order valence-corrected chi connectivity index (χ2v) is 3.73. The van der Waals surface area contributed by atoms with Crippen LogP contribution in [0.4, 0.5) is 5.88 Å². The van der Waals surface area contributed by atoms with Crippen LogP contribution >= 0.6 is 11.3 Å². The third-order valence-electron chi connectivity index (χ3n) is 2.07. The number of anilines is 1. The lowest BCUT2D eigenvalue weighted by molar-refractivity contribution is 0.439. The van der Waals surface area contributed by atoms with Crippen LogP contribution in [0.5, 0.6) is 0 Å². The van der Waals surface area contributed by atoms with E-state index in [1.54, 1.807) is 11.3 Å². The number of aryl methyl sites for hydroxylation is 1. The summed E-state index contributed by atoms with van der Waals surface area (Å²) >= 11 is 1.66. The quantitative estimate of drug-likeness (QED) is 0.759. The minimum absolute atomic E-state index is 0.403. The lowest BCUT2D eigenvalue weighted by atomic mass is 10.1. The van der Waals surface area contributed by atoms with E-state index in [1.165, 1.54) is 5.56 Å². The Balaban J connectivity index is 2.59. The number of nitrogen functional groups attached to an aromatic ring is 1. The topological polar surface area (TPSA) is 52.0 Å². The predicted octanol–water partition coefficient (Wildman–Crippen LogP) is 2.60. The molecule has 3 nitrogen and oxygen atoms in total. The van der Waals surface area contributed by atoms with Gasteiger partial charge in [-0.1, -0.05) is 5.16 Å². The van der Waals surface area contributed by atoms with Crippen LogP contribution in [0.1, 0.15) is 11.1 Å². The van der Waals surface area contributed by atoms with E-state index in [0.29, 0.717) is 5.88 Å². The summed E-state index contributed by atoms with van der Waals surface area (Å²) in [5.41, 5.74) is 9.67. The van der Waals surface area contributed by atoms with Crippen molar-refractivity contribution in [2.45, 2.75) is 13.8 Å². The number of thiophene rings is 1. The zero-order chi connectivity index (χ0) is 9.42. The molecule has 13 heavy (non-hydrogen) atoms. The predicted molar refractivity (Wildman–Crippen MR) is 53.7 cm³/mol. The zero-order valence-electron chi connectivity index (χ0n) is 7.50. The summed E-state index contributed by atoms with van der Waals surface area (Å²) in [6, 6.07) is 0. The largest absolute Gasteiger partial charge is 0.367 e. The minimum atomic E-state index is 0.403. The Morgan fingerprint density at radius 2 is 2.15 bits per heavy atom. The fraction of sp³-hybridized carbons (Fsp3) is 0.222. The van der Waals surface area contributed by atoms with Crippen molar-refractivity contribution in [3.63, 3.8) is 0 Å². The molecule has 0 aromatic carbocycles. The molecule has 0 atom stereocenters. The number of rotatable bonds is 1. The fourth-order valence-corrected chi connectivity index (χ4v) is 2.04. The van der Waals surface area contributed by atoms with E-state index >= 15 is 0 Å². The van der Waals surface area contributed by atoms with Gasteiger partial charge < -0.3 is 10.3 Å². The first-order valence-electron chi connectivity index (χ1n) is 3.95. The second kappa shape index (κ2) is 2.88. The lowest BCUT2D eigenvalue weighted by Gasteiger charge is -1.94. The summed E-state index contributed by atoms with van der Waals surface area (Å²) in [4.78, 5) is 0. The first-order valence-corrected chi connectivity index (χ1v) is 4.89. The number of nitrogens with two attached hydrogens (primary N) is 1. The van der Waals surface area contributed by atoms with Gasteiger partial charge in [0.25, 0.3) is 0 Å². The molecule has 2 rings (SSSR count). The zero-order valence-corrected chi connectivity index (χ0v) is 8.31. The highest BCUT2D eigenvalue weighted by molar-refractivity contribution is 7.08. The van der Waals surface area contributed by atoms with Crippen molar-refractivity contribution in [2.75, 3.05) is 5.73 Å². The molecule has 0 saturated heterocycles. The van der Waals surface area contributed by atoms with E-state index in [1.807, 2.05) is 6.92 Å². The Morgan fingerprint density at radius 3 is 2.62 bits per heavy atom. The average molecular weight is 194 g/mol. The normalized spacial score (nSPS) is 10.6. The van der Waals surface area contributed by atoms with Gasteiger partial charge in [0.05, 0.1) is 0 Å². The van der Waals surface area contributed by atoms with Gasteiger partial charge >= 0.3 is 0 Å². The Hall–Kier alpha value is -1.29. The maximum absolute atomic E-state index is 5.57. The van der Waals surface area contributed by atoms with Crippen LogP contribution in [0, 0.1) is 13.8 Å². The van der Waals surface area contributed by atoms with Crippen LogP contribution in [-0.4, -0.2) is 5.16 Å². The highest BCUT2D eigenvalue weighted by Gasteiger charge is 2.13. The molecule has 0 radical (unpaired) electrons. The fourth-order valence-electron chi connectivity index (χ4n) is 1.20. The summed E-state index contributed by atoms with van der Waals surface area (Å²) in [6.07, 6.45) is 0. The molecule has 0 aliphatic heterocycles. The number of nitrogens with zero attached hydrogens (tertiary/aromatic N) is 1. The Morgan fingerprint density at radius 1 is 1.38 bits per heavy atom. The van der Waals surface area contributed by atoms with Crippen molar-refractivity contribution in [3.05, 3.63) is 21.9 Å². The molecule has 2 heterocycles. The molecule has 0 amide bonds. The van der Waals surface area contributed by atoms with Gasteiger partial charge in [0.15, 0.2) is 0 Å². The van der Waals surface area contributed by atoms with Gasteiger partial charge in [-0.25, -0.2) is 0 Å². The molecule has 68 valence electrons. The maximum atomic E-state index is 5.57. The standard InChI is InChI=1S/C9H10N2OS/c1-5-3-13-4-7(5)8-6(2)9(10)12-11-8/h3-4H,10H2,1-2H3. The number of hydrogen-bond donors (Lipinski definition) is 1. The van der Waals surface area contributed by atoms with Crippen molar-refractivity contribution in [2.24, 2.45) is 0 Å². The summed E-state index contributed by atoms with van der Waals surface area (Å²) in [7, 11) is 0. The second-order valence-electron chi connectivity index (χ2n) is 2.99. The van der Waals surface area contributed by atoms with Crippen LogP contribution in [0.2, 0.25) is 0 Å². The smallest absolute Gasteiger partial charge is 0.225 e. The third kappa shape index (κ3) is 1.23. The van der Waals surface area contributed by atoms with E-state index < -0.39 is 0 Å². The molecule has 4 heteroatoms. The van der Waals surface area contributed by atoms with Gasteiger partial charge in [0.2, 0.25) is 5.88 Å². The molecule has 0 bridgehead atoms. The van der Waals surface area contributed by atoms with E-state index in [-0.39, 0.29) is 0 Å². The molecular formula is C9H10N2OS. The van der Waals surface area contributed by atoms with E-state index in [2.05, 4.69) is 22.8 Å². The Bertz CT molecular complexity index is 431. The van der Waals surface area contributed by atoms with E-state index in [0.717, 1.165) is 16.8 Å². The van der Waals surface area contributed by atoms with Crippen molar-refractivity contribution in [1.82, 2.24) is 5.16 Å². The summed E-state index contributed by atoms with van der Waals surface area (Å²) < 4.78 is 4.91. The van der Waals surface area contributed by atoms with Gasteiger partial charge in [0.1, 0.15) is 5.69 Å². The molecule has 0 aliphatic rings. The van der Waals surface area contributed by atoms with Crippen molar-refractivity contribution in [3.8, 4) is 11.3 Å². The summed E-state index contributed by atoms with van der Waals surface area (Å²) in [6.45, 7) is 3.97. The van der Waals surface area contributed by atoms with Crippen molar-refractivity contribution < 1.29 is 4.52 Å². The molecule has 0 fully saturated rings. The maximum Gasteiger partial charge on any atom is 0.225 e. The van der Waals surface area contributed by atoms with Crippen LogP contribution in [0.3, 0.4) is 0 Å². The molecule has 0 aliphatic carbocycles. The van der Waals surface area contributed by atoms with Gasteiger partial charge in [-0.05, 0) is 24.8 Å². The van der Waals surface area contributed by atoms with Gasteiger partial charge in [0, 0.05) is 16.5 Å². The summed E-state index contributed by atoms with van der Waals surface area (Å²) in [5.74, 6) is 0.403. The van der Waals surface area contributed by atoms with Gasteiger partial charge in [-0.15, -0.1) is 0 Å². The third-order valence-corrected chi connectivity index (χ3v) is 2.93. The number of hydrogen-bond acceptors (Lipinski definition) is 4. The Kier molecular flexibility index (Phi) is 1.84. The molecule has 0 spiro atoms. The van der Waals surface area contributed by atoms with Crippen LogP contribution in [0.25, 0.3) is 11.3 Å². The molecular weight excluding hydrogens is 184 g/mol. The van der Waals surface area contributed by atoms with Crippen LogP contribution in [-0.2, 0) is 0 Å². The Labute approximate surface area is 80.2 Å². The van der Waals surface area contributed by atoms with E-state index in [4.69, 9.17) is 10.3 Å². The molecule has 0 saturated carbocycles. The minimum Gasteiger partial charge on any atom is -0.367 e. The molecule has 2 aromatic rings. The molecule has 2 aromatic heterocycles.